The van der Waals surface area contributed by atoms with Crippen molar-refractivity contribution in [3.63, 3.8) is 0 Å². The molecule has 0 amide bonds. The monoisotopic (exact) mass is 311 g/mol. The van der Waals surface area contributed by atoms with Gasteiger partial charge in [-0.2, -0.15) is 0 Å². The zero-order valence-electron chi connectivity index (χ0n) is 12.9. The fraction of sp³-hybridized carbons (Fsp3) is 0.278. The second kappa shape index (κ2) is 6.20. The fourth-order valence-corrected chi connectivity index (χ4v) is 3.00. The predicted octanol–water partition coefficient (Wildman–Crippen LogP) is 3.27. The first-order valence-electron chi connectivity index (χ1n) is 7.55. The highest BCUT2D eigenvalue weighted by atomic mass is 16.6. The lowest BCUT2D eigenvalue weighted by Gasteiger charge is -2.13. The largest absolute Gasteiger partial charge is 0.465 e. The lowest BCUT2D eigenvalue weighted by atomic mass is 9.92. The molecule has 0 atom stereocenters. The van der Waals surface area contributed by atoms with Crippen molar-refractivity contribution in [2.75, 3.05) is 7.11 Å². The molecule has 0 saturated carbocycles. The van der Waals surface area contributed by atoms with Crippen LogP contribution in [0.4, 0.5) is 5.69 Å². The van der Waals surface area contributed by atoms with Gasteiger partial charge in [0.2, 0.25) is 0 Å². The van der Waals surface area contributed by atoms with Gasteiger partial charge in [-0.25, -0.2) is 4.79 Å². The molecule has 118 valence electrons. The summed E-state index contributed by atoms with van der Waals surface area (Å²) >= 11 is 0. The molecule has 0 aliphatic heterocycles. The van der Waals surface area contributed by atoms with Gasteiger partial charge in [0.15, 0.2) is 0 Å². The van der Waals surface area contributed by atoms with Crippen molar-refractivity contribution in [1.29, 1.82) is 0 Å². The van der Waals surface area contributed by atoms with Gasteiger partial charge in [-0.3, -0.25) is 10.1 Å². The number of methoxy groups -OCH3 is 1. The van der Waals surface area contributed by atoms with Crippen LogP contribution >= 0.6 is 0 Å². The van der Waals surface area contributed by atoms with E-state index in [9.17, 15) is 14.9 Å². The Bertz CT molecular complexity index is 783. The number of carbonyl (C=O) groups is 1. The standard InChI is InChI=1S/C18H17NO4/c1-23-18(20)16-10-12-2-3-13-5-7-15(17(11-13)19(21)22)9-8-14(16)6-4-12/h4-7,10-11H,2-3,8-9H2,1H3. The summed E-state index contributed by atoms with van der Waals surface area (Å²) in [4.78, 5) is 23.0. The van der Waals surface area contributed by atoms with Crippen LogP contribution in [0, 0.1) is 10.1 Å². The van der Waals surface area contributed by atoms with Crippen molar-refractivity contribution in [1.82, 2.24) is 0 Å². The molecule has 5 heteroatoms. The summed E-state index contributed by atoms with van der Waals surface area (Å²) in [6, 6.07) is 11.3. The number of ether oxygens (including phenoxy) is 1. The van der Waals surface area contributed by atoms with Gasteiger partial charge in [-0.1, -0.05) is 24.3 Å². The third kappa shape index (κ3) is 3.08. The van der Waals surface area contributed by atoms with Crippen LogP contribution in [0.15, 0.2) is 36.4 Å². The van der Waals surface area contributed by atoms with E-state index in [0.717, 1.165) is 23.1 Å². The maximum atomic E-state index is 12.0. The summed E-state index contributed by atoms with van der Waals surface area (Å²) in [5, 5.41) is 11.3. The molecule has 4 aliphatic carbocycles. The number of hydrogen-bond donors (Lipinski definition) is 0. The van der Waals surface area contributed by atoms with Gasteiger partial charge in [0.1, 0.15) is 0 Å². The molecule has 4 aliphatic rings. The van der Waals surface area contributed by atoms with Crippen molar-refractivity contribution < 1.29 is 14.5 Å². The molecule has 4 bridgehead atoms. The number of carbonyl (C=O) groups excluding carboxylic acids is 1. The van der Waals surface area contributed by atoms with E-state index in [-0.39, 0.29) is 16.6 Å². The van der Waals surface area contributed by atoms with Gasteiger partial charge in [0.25, 0.3) is 5.69 Å². The molecule has 0 aromatic heterocycles. The zero-order chi connectivity index (χ0) is 16.4. The van der Waals surface area contributed by atoms with Gasteiger partial charge >= 0.3 is 5.97 Å². The molecule has 0 N–H and O–H groups in total. The van der Waals surface area contributed by atoms with Crippen LogP contribution in [0.1, 0.15) is 32.6 Å². The minimum Gasteiger partial charge on any atom is -0.465 e. The summed E-state index contributed by atoms with van der Waals surface area (Å²) in [5.74, 6) is -0.359. The smallest absolute Gasteiger partial charge is 0.338 e. The number of nitro groups is 1. The average Bonchev–Trinajstić information content (AvgIpc) is 2.55. The third-order valence-corrected chi connectivity index (χ3v) is 4.29. The highest BCUT2D eigenvalue weighted by molar-refractivity contribution is 5.91. The van der Waals surface area contributed by atoms with E-state index in [1.807, 2.05) is 30.3 Å². The predicted molar refractivity (Wildman–Crippen MR) is 85.7 cm³/mol. The number of nitrogens with zero attached hydrogens (tertiary/aromatic N) is 1. The Morgan fingerprint density at radius 3 is 2.26 bits per heavy atom. The topological polar surface area (TPSA) is 69.4 Å². The molecule has 0 radical (unpaired) electrons. The molecule has 6 rings (SSSR count). The maximum Gasteiger partial charge on any atom is 0.338 e. The Balaban J connectivity index is 2.06. The summed E-state index contributed by atoms with van der Waals surface area (Å²) < 4.78 is 4.87. The van der Waals surface area contributed by atoms with Gasteiger partial charge < -0.3 is 4.74 Å². The van der Waals surface area contributed by atoms with E-state index in [1.165, 1.54) is 7.11 Å². The van der Waals surface area contributed by atoms with E-state index >= 15 is 0 Å². The fourth-order valence-electron chi connectivity index (χ4n) is 3.00. The Morgan fingerprint density at radius 2 is 1.61 bits per heavy atom. The molecule has 0 saturated heterocycles. The van der Waals surface area contributed by atoms with E-state index in [0.29, 0.717) is 30.4 Å². The Morgan fingerprint density at radius 1 is 1.00 bits per heavy atom. The SMILES string of the molecule is COC(=O)c1cc2ccc1CCc1ccc(cc1[N+](=O)[O-])CC2. The van der Waals surface area contributed by atoms with Gasteiger partial charge in [0, 0.05) is 11.6 Å². The second-order valence-electron chi connectivity index (χ2n) is 5.70. The molecule has 0 heterocycles. The van der Waals surface area contributed by atoms with Crippen LogP contribution in [0.25, 0.3) is 0 Å². The molecular formula is C18H17NO4. The van der Waals surface area contributed by atoms with Gasteiger partial charge in [0.05, 0.1) is 17.6 Å². The van der Waals surface area contributed by atoms with E-state index in [2.05, 4.69) is 0 Å². The van der Waals surface area contributed by atoms with Crippen LogP contribution in [-0.4, -0.2) is 18.0 Å². The van der Waals surface area contributed by atoms with Crippen molar-refractivity contribution in [3.05, 3.63) is 74.3 Å². The number of esters is 1. The Hall–Kier alpha value is -2.69. The van der Waals surface area contributed by atoms with Crippen LogP contribution < -0.4 is 0 Å². The Labute approximate surface area is 134 Å². The maximum absolute atomic E-state index is 12.0. The highest BCUT2D eigenvalue weighted by Gasteiger charge is 2.18. The first kappa shape index (κ1) is 15.2. The second-order valence-corrected chi connectivity index (χ2v) is 5.70. The molecule has 0 spiro atoms. The summed E-state index contributed by atoms with van der Waals surface area (Å²) in [5.41, 5.74) is 4.24. The van der Waals surface area contributed by atoms with Crippen LogP contribution in [-0.2, 0) is 30.4 Å². The molecule has 5 nitrogen and oxygen atoms in total. The number of nitro benzene ring substituents is 1. The van der Waals surface area contributed by atoms with Crippen molar-refractivity contribution in [2.24, 2.45) is 0 Å². The lowest BCUT2D eigenvalue weighted by Crippen LogP contribution is -2.09. The number of aryl methyl sites for hydroxylation is 4. The van der Waals surface area contributed by atoms with Crippen molar-refractivity contribution in [2.45, 2.75) is 25.7 Å². The minimum absolute atomic E-state index is 0.164. The number of hydrogen-bond acceptors (Lipinski definition) is 4. The quantitative estimate of drug-likeness (QED) is 0.485. The molecular weight excluding hydrogens is 294 g/mol. The van der Waals surface area contributed by atoms with Gasteiger partial charge in [-0.15, -0.1) is 0 Å². The minimum atomic E-state index is -0.359. The molecule has 2 aromatic rings. The van der Waals surface area contributed by atoms with Crippen LogP contribution in [0.3, 0.4) is 0 Å². The lowest BCUT2D eigenvalue weighted by molar-refractivity contribution is -0.385. The van der Waals surface area contributed by atoms with E-state index in [1.54, 1.807) is 6.07 Å². The molecule has 23 heavy (non-hydrogen) atoms. The highest BCUT2D eigenvalue weighted by Crippen LogP contribution is 2.26. The Kier molecular flexibility index (Phi) is 4.10. The molecule has 0 unspecified atom stereocenters. The molecule has 0 fully saturated rings. The van der Waals surface area contributed by atoms with Crippen LogP contribution in [0.5, 0.6) is 0 Å². The van der Waals surface area contributed by atoms with Crippen LogP contribution in [0.2, 0.25) is 0 Å². The molecule has 2 aromatic carbocycles. The average molecular weight is 311 g/mol. The summed E-state index contributed by atoms with van der Waals surface area (Å²) in [7, 11) is 1.37. The van der Waals surface area contributed by atoms with Crippen molar-refractivity contribution in [3.8, 4) is 0 Å². The first-order valence-corrected chi connectivity index (χ1v) is 7.55. The van der Waals surface area contributed by atoms with Gasteiger partial charge in [-0.05, 0) is 48.4 Å². The normalized spacial score (nSPS) is 13.3. The van der Waals surface area contributed by atoms with E-state index in [4.69, 9.17) is 4.74 Å². The third-order valence-electron chi connectivity index (χ3n) is 4.29. The van der Waals surface area contributed by atoms with E-state index < -0.39 is 0 Å². The first-order chi connectivity index (χ1) is 11.1. The summed E-state index contributed by atoms with van der Waals surface area (Å²) in [6.45, 7) is 0. The number of rotatable bonds is 2. The van der Waals surface area contributed by atoms with Crippen molar-refractivity contribution >= 4 is 11.7 Å². The number of benzene rings is 2. The summed E-state index contributed by atoms with van der Waals surface area (Å²) in [6.07, 6.45) is 2.49. The zero-order valence-corrected chi connectivity index (χ0v) is 12.9.